The minimum atomic E-state index is 0.216. The highest BCUT2D eigenvalue weighted by Gasteiger charge is 2.09. The summed E-state index contributed by atoms with van der Waals surface area (Å²) in [7, 11) is 0. The molecule has 0 unspecified atom stereocenters. The molecule has 0 amide bonds. The number of rotatable bonds is 2. The first-order valence-corrected chi connectivity index (χ1v) is 4.30. The molecular formula is C9H16N4. The second-order valence-electron chi connectivity index (χ2n) is 4.22. The van der Waals surface area contributed by atoms with Gasteiger partial charge in [0.05, 0.1) is 0 Å². The van der Waals surface area contributed by atoms with Crippen LogP contribution in [0.25, 0.3) is 0 Å². The number of nitrogens with zero attached hydrogens (tertiary/aromatic N) is 2. The molecule has 0 radical (unpaired) electrons. The fraction of sp³-hybridized carbons (Fsp3) is 0.556. The average Bonchev–Trinajstić information content (AvgIpc) is 2.00. The van der Waals surface area contributed by atoms with Crippen LogP contribution in [0.4, 0.5) is 11.8 Å². The second kappa shape index (κ2) is 3.60. The Morgan fingerprint density at radius 3 is 2.69 bits per heavy atom. The van der Waals surface area contributed by atoms with Crippen molar-refractivity contribution >= 4 is 11.8 Å². The van der Waals surface area contributed by atoms with Gasteiger partial charge in [0.15, 0.2) is 0 Å². The molecule has 3 N–H and O–H groups in total. The van der Waals surface area contributed by atoms with Crippen LogP contribution in [0, 0.1) is 5.41 Å². The average molecular weight is 180 g/mol. The van der Waals surface area contributed by atoms with Crippen LogP contribution in [0.5, 0.6) is 0 Å². The molecule has 0 atom stereocenters. The molecule has 0 aliphatic carbocycles. The van der Waals surface area contributed by atoms with E-state index in [4.69, 9.17) is 5.73 Å². The van der Waals surface area contributed by atoms with E-state index in [-0.39, 0.29) is 5.41 Å². The Morgan fingerprint density at radius 2 is 2.15 bits per heavy atom. The molecule has 1 rings (SSSR count). The number of hydrogen-bond donors (Lipinski definition) is 2. The molecular weight excluding hydrogens is 164 g/mol. The van der Waals surface area contributed by atoms with Gasteiger partial charge in [0, 0.05) is 12.7 Å². The lowest BCUT2D eigenvalue weighted by Crippen LogP contribution is -2.20. The van der Waals surface area contributed by atoms with Crippen LogP contribution >= 0.6 is 0 Å². The van der Waals surface area contributed by atoms with Gasteiger partial charge in [-0.3, -0.25) is 0 Å². The largest absolute Gasteiger partial charge is 0.384 e. The predicted octanol–water partition coefficient (Wildman–Crippen LogP) is 1.52. The van der Waals surface area contributed by atoms with Crippen LogP contribution < -0.4 is 11.1 Å². The number of anilines is 2. The van der Waals surface area contributed by atoms with E-state index in [1.165, 1.54) is 0 Å². The van der Waals surface area contributed by atoms with Crippen LogP contribution in [0.2, 0.25) is 0 Å². The topological polar surface area (TPSA) is 63.8 Å². The maximum Gasteiger partial charge on any atom is 0.224 e. The minimum absolute atomic E-state index is 0.216. The Hall–Kier alpha value is -1.32. The number of nitrogens with two attached hydrogens (primary N) is 1. The molecule has 0 aliphatic rings. The third-order valence-corrected chi connectivity index (χ3v) is 1.45. The smallest absolute Gasteiger partial charge is 0.224 e. The van der Waals surface area contributed by atoms with Gasteiger partial charge in [-0.1, -0.05) is 20.8 Å². The van der Waals surface area contributed by atoms with Gasteiger partial charge in [-0.05, 0) is 11.5 Å². The molecule has 0 fully saturated rings. The summed E-state index contributed by atoms with van der Waals surface area (Å²) in [5.41, 5.74) is 5.72. The van der Waals surface area contributed by atoms with E-state index in [1.807, 2.05) is 0 Å². The first kappa shape index (κ1) is 9.77. The normalized spacial score (nSPS) is 11.3. The quantitative estimate of drug-likeness (QED) is 0.724. The van der Waals surface area contributed by atoms with Crippen LogP contribution in [-0.2, 0) is 0 Å². The zero-order chi connectivity index (χ0) is 9.90. The predicted molar refractivity (Wildman–Crippen MR) is 54.4 cm³/mol. The summed E-state index contributed by atoms with van der Waals surface area (Å²) in [5.74, 6) is 1.08. The summed E-state index contributed by atoms with van der Waals surface area (Å²) >= 11 is 0. The summed E-state index contributed by atoms with van der Waals surface area (Å²) in [6, 6.07) is 1.67. The van der Waals surface area contributed by atoms with Crippen molar-refractivity contribution < 1.29 is 0 Å². The molecule has 13 heavy (non-hydrogen) atoms. The fourth-order valence-electron chi connectivity index (χ4n) is 0.802. The number of nitrogen functional groups attached to an aromatic ring is 1. The minimum Gasteiger partial charge on any atom is -0.384 e. The van der Waals surface area contributed by atoms with Crippen molar-refractivity contribution in [3.8, 4) is 0 Å². The van der Waals surface area contributed by atoms with Gasteiger partial charge < -0.3 is 11.1 Å². The second-order valence-corrected chi connectivity index (χ2v) is 4.22. The molecule has 1 aromatic heterocycles. The van der Waals surface area contributed by atoms with Gasteiger partial charge in [-0.25, -0.2) is 4.98 Å². The lowest BCUT2D eigenvalue weighted by Gasteiger charge is -2.18. The van der Waals surface area contributed by atoms with Crippen molar-refractivity contribution in [1.29, 1.82) is 0 Å². The SMILES string of the molecule is CC(C)(C)CNc1nccc(N)n1. The number of nitrogens with one attached hydrogen (secondary N) is 1. The van der Waals surface area contributed by atoms with Crippen LogP contribution in [0.3, 0.4) is 0 Å². The highest BCUT2D eigenvalue weighted by atomic mass is 15.1. The van der Waals surface area contributed by atoms with E-state index >= 15 is 0 Å². The zero-order valence-corrected chi connectivity index (χ0v) is 8.33. The Bertz CT molecular complexity index is 277. The molecule has 72 valence electrons. The van der Waals surface area contributed by atoms with Gasteiger partial charge >= 0.3 is 0 Å². The van der Waals surface area contributed by atoms with Crippen LogP contribution in [-0.4, -0.2) is 16.5 Å². The Kier molecular flexibility index (Phi) is 2.70. The van der Waals surface area contributed by atoms with Crippen molar-refractivity contribution in [3.05, 3.63) is 12.3 Å². The van der Waals surface area contributed by atoms with Crippen LogP contribution in [0.1, 0.15) is 20.8 Å². The zero-order valence-electron chi connectivity index (χ0n) is 8.33. The van der Waals surface area contributed by atoms with Gasteiger partial charge in [0.25, 0.3) is 0 Å². The van der Waals surface area contributed by atoms with E-state index in [1.54, 1.807) is 12.3 Å². The Morgan fingerprint density at radius 1 is 1.46 bits per heavy atom. The number of aromatic nitrogens is 2. The highest BCUT2D eigenvalue weighted by Crippen LogP contribution is 2.13. The van der Waals surface area contributed by atoms with E-state index in [9.17, 15) is 0 Å². The molecule has 0 bridgehead atoms. The molecule has 0 aliphatic heterocycles. The standard InChI is InChI=1S/C9H16N4/c1-9(2,3)6-12-8-11-5-4-7(10)13-8/h4-5H,6H2,1-3H3,(H3,10,11,12,13). The maximum atomic E-state index is 5.51. The van der Waals surface area contributed by atoms with E-state index in [2.05, 4.69) is 36.1 Å². The molecule has 4 nitrogen and oxygen atoms in total. The first-order chi connectivity index (χ1) is 5.97. The monoisotopic (exact) mass is 180 g/mol. The lowest BCUT2D eigenvalue weighted by atomic mass is 9.97. The maximum absolute atomic E-state index is 5.51. The van der Waals surface area contributed by atoms with Gasteiger partial charge in [0.1, 0.15) is 5.82 Å². The third kappa shape index (κ3) is 3.73. The Labute approximate surface area is 78.6 Å². The third-order valence-electron chi connectivity index (χ3n) is 1.45. The van der Waals surface area contributed by atoms with Gasteiger partial charge in [-0.15, -0.1) is 0 Å². The van der Waals surface area contributed by atoms with Crippen LogP contribution in [0.15, 0.2) is 12.3 Å². The van der Waals surface area contributed by atoms with Crippen molar-refractivity contribution in [3.63, 3.8) is 0 Å². The summed E-state index contributed by atoms with van der Waals surface area (Å²) in [4.78, 5) is 8.07. The summed E-state index contributed by atoms with van der Waals surface area (Å²) < 4.78 is 0. The summed E-state index contributed by atoms with van der Waals surface area (Å²) in [6.07, 6.45) is 1.65. The Balaban J connectivity index is 2.55. The summed E-state index contributed by atoms with van der Waals surface area (Å²) in [5, 5.41) is 3.12. The number of hydrogen-bond acceptors (Lipinski definition) is 4. The molecule has 4 heteroatoms. The summed E-state index contributed by atoms with van der Waals surface area (Å²) in [6.45, 7) is 7.27. The van der Waals surface area contributed by atoms with Crippen molar-refractivity contribution in [2.75, 3.05) is 17.6 Å². The lowest BCUT2D eigenvalue weighted by molar-refractivity contribution is 0.442. The van der Waals surface area contributed by atoms with E-state index < -0.39 is 0 Å². The van der Waals surface area contributed by atoms with Crippen molar-refractivity contribution in [1.82, 2.24) is 9.97 Å². The van der Waals surface area contributed by atoms with Crippen molar-refractivity contribution in [2.24, 2.45) is 5.41 Å². The molecule has 0 spiro atoms. The highest BCUT2D eigenvalue weighted by molar-refractivity contribution is 5.34. The molecule has 1 heterocycles. The molecule has 0 aromatic carbocycles. The molecule has 0 saturated heterocycles. The molecule has 0 saturated carbocycles. The molecule has 1 aromatic rings. The van der Waals surface area contributed by atoms with Gasteiger partial charge in [0.2, 0.25) is 5.95 Å². The van der Waals surface area contributed by atoms with E-state index in [0.717, 1.165) is 6.54 Å². The van der Waals surface area contributed by atoms with E-state index in [0.29, 0.717) is 11.8 Å². The van der Waals surface area contributed by atoms with Gasteiger partial charge in [-0.2, -0.15) is 4.98 Å². The fourth-order valence-corrected chi connectivity index (χ4v) is 0.802. The van der Waals surface area contributed by atoms with Crippen molar-refractivity contribution in [2.45, 2.75) is 20.8 Å². The first-order valence-electron chi connectivity index (χ1n) is 4.30.